The maximum atomic E-state index is 13.0. The Bertz CT molecular complexity index is 1170. The number of hydrogen-bond acceptors (Lipinski definition) is 4. The van der Waals surface area contributed by atoms with Crippen LogP contribution in [0.4, 0.5) is 39.5 Å². The van der Waals surface area contributed by atoms with Gasteiger partial charge in [-0.05, 0) is 47.4 Å². The van der Waals surface area contributed by atoms with Gasteiger partial charge in [0, 0.05) is 18.5 Å². The highest BCUT2D eigenvalue weighted by molar-refractivity contribution is 5.47. The van der Waals surface area contributed by atoms with Crippen LogP contribution >= 0.6 is 0 Å². The number of rotatable bonds is 11. The molecule has 0 aliphatic rings. The third-order valence-electron chi connectivity index (χ3n) is 5.86. The molecule has 2 N–H and O–H groups in total. The van der Waals surface area contributed by atoms with Crippen molar-refractivity contribution in [2.45, 2.75) is 43.3 Å². The van der Waals surface area contributed by atoms with Gasteiger partial charge < -0.3 is 19.9 Å². The van der Waals surface area contributed by atoms with E-state index >= 15 is 0 Å². The van der Waals surface area contributed by atoms with E-state index in [2.05, 4.69) is 14.8 Å². The highest BCUT2D eigenvalue weighted by Gasteiger charge is 2.38. The van der Waals surface area contributed by atoms with Crippen molar-refractivity contribution in [1.82, 2.24) is 5.32 Å². The number of aliphatic hydroxyl groups excluding tert-OH is 1. The molecule has 3 aromatic carbocycles. The number of halogens is 9. The molecule has 0 saturated heterocycles. The zero-order valence-electron chi connectivity index (χ0n) is 20.6. The van der Waals surface area contributed by atoms with Crippen molar-refractivity contribution in [2.75, 3.05) is 13.1 Å². The molecule has 0 aliphatic carbocycles. The van der Waals surface area contributed by atoms with Crippen molar-refractivity contribution in [3.63, 3.8) is 0 Å². The Hall–Kier alpha value is -3.45. The first kappa shape index (κ1) is 31.1. The van der Waals surface area contributed by atoms with E-state index < -0.39 is 54.9 Å². The third kappa shape index (κ3) is 9.63. The van der Waals surface area contributed by atoms with Gasteiger partial charge in [-0.3, -0.25) is 0 Å². The van der Waals surface area contributed by atoms with Crippen LogP contribution in [0.25, 0.3) is 0 Å². The fraction of sp³-hybridized carbons (Fsp3) is 0.333. The van der Waals surface area contributed by atoms with Gasteiger partial charge in [-0.15, -0.1) is 26.3 Å². The Morgan fingerprint density at radius 2 is 1.18 bits per heavy atom. The predicted molar refractivity (Wildman–Crippen MR) is 127 cm³/mol. The number of hydrogen-bond donors (Lipinski definition) is 2. The molecule has 0 bridgehead atoms. The second kappa shape index (κ2) is 12.4. The van der Waals surface area contributed by atoms with Crippen molar-refractivity contribution in [3.8, 4) is 11.5 Å². The summed E-state index contributed by atoms with van der Waals surface area (Å²) < 4.78 is 124. The fourth-order valence-electron chi connectivity index (χ4n) is 4.36. The Morgan fingerprint density at radius 3 is 1.62 bits per heavy atom. The summed E-state index contributed by atoms with van der Waals surface area (Å²) in [5.74, 6) is -1.22. The molecule has 1 atom stereocenters. The topological polar surface area (TPSA) is 50.7 Å². The number of ether oxygens (including phenoxy) is 2. The minimum absolute atomic E-state index is 0.0127. The van der Waals surface area contributed by atoms with Gasteiger partial charge in [0.25, 0.3) is 0 Å². The lowest BCUT2D eigenvalue weighted by Gasteiger charge is -2.37. The monoisotopic (exact) mass is 581 g/mol. The van der Waals surface area contributed by atoms with E-state index in [0.29, 0.717) is 5.56 Å². The molecule has 40 heavy (non-hydrogen) atoms. The third-order valence-corrected chi connectivity index (χ3v) is 5.86. The highest BCUT2D eigenvalue weighted by Crippen LogP contribution is 2.40. The molecule has 0 saturated carbocycles. The van der Waals surface area contributed by atoms with Crippen molar-refractivity contribution >= 4 is 0 Å². The molecule has 4 nitrogen and oxygen atoms in total. The molecule has 0 amide bonds. The Labute approximate surface area is 223 Å². The van der Waals surface area contributed by atoms with Gasteiger partial charge >= 0.3 is 18.9 Å². The first-order valence-electron chi connectivity index (χ1n) is 11.8. The summed E-state index contributed by atoms with van der Waals surface area (Å²) >= 11 is 0. The lowest BCUT2D eigenvalue weighted by Crippen LogP contribution is -2.44. The van der Waals surface area contributed by atoms with Crippen LogP contribution in [0.3, 0.4) is 0 Å². The zero-order chi connectivity index (χ0) is 29.6. The average molecular weight is 581 g/mol. The van der Waals surface area contributed by atoms with Crippen LogP contribution in [0.5, 0.6) is 11.5 Å². The van der Waals surface area contributed by atoms with Crippen LogP contribution in [-0.2, 0) is 11.8 Å². The molecule has 0 radical (unpaired) electrons. The Morgan fingerprint density at radius 1 is 0.675 bits per heavy atom. The number of alkyl halides is 9. The lowest BCUT2D eigenvalue weighted by molar-refractivity contribution is -0.275. The van der Waals surface area contributed by atoms with Gasteiger partial charge in [0.05, 0.1) is 12.5 Å². The van der Waals surface area contributed by atoms with E-state index in [4.69, 9.17) is 0 Å². The van der Waals surface area contributed by atoms with Crippen LogP contribution in [0.15, 0.2) is 78.9 Å². The zero-order valence-corrected chi connectivity index (χ0v) is 20.6. The summed E-state index contributed by atoms with van der Waals surface area (Å²) in [4.78, 5) is 0. The maximum Gasteiger partial charge on any atom is 0.573 e. The molecule has 3 aromatic rings. The molecule has 0 spiro atoms. The summed E-state index contributed by atoms with van der Waals surface area (Å²) in [6, 6.07) is 18.0. The Balaban J connectivity index is 2.14. The summed E-state index contributed by atoms with van der Waals surface area (Å²) in [5.41, 5.74) is -0.542. The standard InChI is InChI=1S/C27H24F9NO3/c28-25(29,30)15-21(38)16-37-17-24(14-18-6-2-1-3-7-18,19-8-4-10-22(12-19)39-26(31,32)33)20-9-5-11-23(13-20)40-27(34,35)36/h1-13,21,37-38H,14-17H2. The van der Waals surface area contributed by atoms with Crippen LogP contribution < -0.4 is 14.8 Å². The second-order valence-corrected chi connectivity index (χ2v) is 9.00. The van der Waals surface area contributed by atoms with E-state index in [1.54, 1.807) is 30.3 Å². The summed E-state index contributed by atoms with van der Waals surface area (Å²) in [6.45, 7) is -0.852. The molecule has 0 fully saturated rings. The van der Waals surface area contributed by atoms with Crippen molar-refractivity contribution in [3.05, 3.63) is 95.6 Å². The number of benzene rings is 3. The van der Waals surface area contributed by atoms with E-state index in [1.165, 1.54) is 24.3 Å². The van der Waals surface area contributed by atoms with Crippen LogP contribution in [0.2, 0.25) is 0 Å². The summed E-state index contributed by atoms with van der Waals surface area (Å²) in [7, 11) is 0. The molecular formula is C27H24F9NO3. The van der Waals surface area contributed by atoms with Gasteiger partial charge in [0.15, 0.2) is 0 Å². The number of aliphatic hydroxyl groups is 1. The van der Waals surface area contributed by atoms with Gasteiger partial charge in [0.1, 0.15) is 11.5 Å². The van der Waals surface area contributed by atoms with E-state index in [1.807, 2.05) is 0 Å². The predicted octanol–water partition coefficient (Wildman–Crippen LogP) is 6.92. The molecule has 1 unspecified atom stereocenters. The van der Waals surface area contributed by atoms with Crippen LogP contribution in [-0.4, -0.2) is 43.2 Å². The van der Waals surface area contributed by atoms with Gasteiger partial charge in [-0.1, -0.05) is 54.6 Å². The molecule has 3 rings (SSSR count). The largest absolute Gasteiger partial charge is 0.573 e. The second-order valence-electron chi connectivity index (χ2n) is 9.00. The van der Waals surface area contributed by atoms with Crippen molar-refractivity contribution in [2.24, 2.45) is 0 Å². The van der Waals surface area contributed by atoms with Gasteiger partial charge in [0.2, 0.25) is 0 Å². The first-order valence-corrected chi connectivity index (χ1v) is 11.8. The fourth-order valence-corrected chi connectivity index (χ4v) is 4.36. The lowest BCUT2D eigenvalue weighted by atomic mass is 9.70. The van der Waals surface area contributed by atoms with Crippen LogP contribution in [0, 0.1) is 0 Å². The molecule has 0 aliphatic heterocycles. The minimum Gasteiger partial charge on any atom is -0.406 e. The van der Waals surface area contributed by atoms with E-state index in [0.717, 1.165) is 24.3 Å². The van der Waals surface area contributed by atoms with Gasteiger partial charge in [-0.25, -0.2) is 0 Å². The maximum absolute atomic E-state index is 13.0. The highest BCUT2D eigenvalue weighted by atomic mass is 19.4. The van der Waals surface area contributed by atoms with Crippen molar-refractivity contribution < 1.29 is 54.1 Å². The van der Waals surface area contributed by atoms with E-state index in [-0.39, 0.29) is 24.1 Å². The molecule has 13 heteroatoms. The molecular weight excluding hydrogens is 557 g/mol. The SMILES string of the molecule is OC(CNCC(Cc1ccccc1)(c1cccc(OC(F)(F)F)c1)c1cccc(OC(F)(F)F)c1)CC(F)(F)F. The first-order chi connectivity index (χ1) is 18.5. The quantitative estimate of drug-likeness (QED) is 0.242. The molecule has 0 heterocycles. The Kier molecular flexibility index (Phi) is 9.62. The normalized spacial score (nSPS) is 13.7. The summed E-state index contributed by atoms with van der Waals surface area (Å²) in [6.07, 6.45) is -18.1. The van der Waals surface area contributed by atoms with Crippen molar-refractivity contribution in [1.29, 1.82) is 0 Å². The van der Waals surface area contributed by atoms with Gasteiger partial charge in [-0.2, -0.15) is 13.2 Å². The van der Waals surface area contributed by atoms with E-state index in [9.17, 15) is 44.6 Å². The number of nitrogens with one attached hydrogen (secondary N) is 1. The minimum atomic E-state index is -5.04. The molecule has 0 aromatic heterocycles. The molecule has 218 valence electrons. The smallest absolute Gasteiger partial charge is 0.406 e. The summed E-state index contributed by atoms with van der Waals surface area (Å²) in [5, 5.41) is 12.6. The van der Waals surface area contributed by atoms with Crippen LogP contribution in [0.1, 0.15) is 23.1 Å². The average Bonchev–Trinajstić information content (AvgIpc) is 2.81.